The normalized spacial score (nSPS) is 23.3. The number of likely N-dealkylation sites (tertiary alicyclic amines) is 1. The Hall–Kier alpha value is -2.44. The fourth-order valence-corrected chi connectivity index (χ4v) is 3.86. The van der Waals surface area contributed by atoms with E-state index in [1.54, 1.807) is 23.1 Å². The van der Waals surface area contributed by atoms with Gasteiger partial charge in [0.1, 0.15) is 5.82 Å². The van der Waals surface area contributed by atoms with Gasteiger partial charge in [-0.1, -0.05) is 12.1 Å². The number of carboxylic acid groups (broad SMARTS) is 1. The van der Waals surface area contributed by atoms with Gasteiger partial charge in [-0.2, -0.15) is 0 Å². The van der Waals surface area contributed by atoms with Crippen molar-refractivity contribution < 1.29 is 23.9 Å². The molecule has 0 spiro atoms. The van der Waals surface area contributed by atoms with Crippen LogP contribution in [0.2, 0.25) is 0 Å². The van der Waals surface area contributed by atoms with Gasteiger partial charge in [-0.05, 0) is 37.3 Å². The van der Waals surface area contributed by atoms with Crippen molar-refractivity contribution in [3.63, 3.8) is 0 Å². The molecular formula is C19H23FN2O4. The maximum absolute atomic E-state index is 14.0. The van der Waals surface area contributed by atoms with E-state index in [1.165, 1.54) is 11.0 Å². The molecule has 0 aromatic heterocycles. The third-order valence-electron chi connectivity index (χ3n) is 5.21. The molecule has 7 heteroatoms. The molecule has 0 radical (unpaired) electrons. The largest absolute Gasteiger partial charge is 0.481 e. The molecule has 2 unspecified atom stereocenters. The van der Waals surface area contributed by atoms with Gasteiger partial charge in [0.2, 0.25) is 11.8 Å². The highest BCUT2D eigenvalue weighted by molar-refractivity contribution is 6.00. The molecule has 1 aromatic carbocycles. The number of carbonyl (C=O) groups is 3. The Balaban J connectivity index is 1.62. The van der Waals surface area contributed by atoms with Crippen molar-refractivity contribution >= 4 is 23.5 Å². The summed E-state index contributed by atoms with van der Waals surface area (Å²) in [7, 11) is 0. The third kappa shape index (κ3) is 4.03. The zero-order valence-electron chi connectivity index (χ0n) is 14.6. The van der Waals surface area contributed by atoms with E-state index < -0.39 is 17.7 Å². The molecule has 2 atom stereocenters. The van der Waals surface area contributed by atoms with Crippen LogP contribution < -0.4 is 4.90 Å². The summed E-state index contributed by atoms with van der Waals surface area (Å²) in [6, 6.07) is 6.07. The second-order valence-corrected chi connectivity index (χ2v) is 7.08. The minimum atomic E-state index is -0.824. The number of piperidine rings is 1. The highest BCUT2D eigenvalue weighted by Gasteiger charge is 2.39. The van der Waals surface area contributed by atoms with E-state index in [0.29, 0.717) is 19.5 Å². The zero-order chi connectivity index (χ0) is 18.7. The van der Waals surface area contributed by atoms with Gasteiger partial charge >= 0.3 is 5.97 Å². The molecular weight excluding hydrogens is 339 g/mol. The number of amides is 2. The number of anilines is 1. The van der Waals surface area contributed by atoms with Crippen LogP contribution in [0.1, 0.15) is 32.1 Å². The van der Waals surface area contributed by atoms with Crippen LogP contribution in [-0.4, -0.2) is 47.4 Å². The van der Waals surface area contributed by atoms with E-state index >= 15 is 0 Å². The molecule has 0 saturated carbocycles. The SMILES string of the molecule is O=C(O)CCC1CCCN(C(=O)C2CC(=O)N(c3ccccc3F)C2)C1. The van der Waals surface area contributed by atoms with Crippen molar-refractivity contribution in [2.45, 2.75) is 32.1 Å². The Bertz CT molecular complexity index is 709. The quantitative estimate of drug-likeness (QED) is 0.872. The lowest BCUT2D eigenvalue weighted by molar-refractivity contribution is -0.138. The Morgan fingerprint density at radius 2 is 2.00 bits per heavy atom. The van der Waals surface area contributed by atoms with Crippen molar-refractivity contribution in [2.24, 2.45) is 11.8 Å². The Labute approximate surface area is 151 Å². The molecule has 2 heterocycles. The lowest BCUT2D eigenvalue weighted by atomic mass is 9.92. The van der Waals surface area contributed by atoms with Crippen LogP contribution >= 0.6 is 0 Å². The molecule has 26 heavy (non-hydrogen) atoms. The summed E-state index contributed by atoms with van der Waals surface area (Å²) in [5.74, 6) is -1.91. The number of nitrogens with zero attached hydrogens (tertiary/aromatic N) is 2. The number of halogens is 1. The van der Waals surface area contributed by atoms with Crippen molar-refractivity contribution in [1.29, 1.82) is 0 Å². The monoisotopic (exact) mass is 362 g/mol. The molecule has 2 aliphatic rings. The Kier molecular flexibility index (Phi) is 5.54. The second-order valence-electron chi connectivity index (χ2n) is 7.08. The highest BCUT2D eigenvalue weighted by Crippen LogP contribution is 2.30. The van der Waals surface area contributed by atoms with E-state index in [1.807, 2.05) is 0 Å². The molecule has 3 rings (SSSR count). The third-order valence-corrected chi connectivity index (χ3v) is 5.21. The summed E-state index contributed by atoms with van der Waals surface area (Å²) >= 11 is 0. The minimum Gasteiger partial charge on any atom is -0.481 e. The fraction of sp³-hybridized carbons (Fsp3) is 0.526. The number of carboxylic acids is 1. The van der Waals surface area contributed by atoms with Gasteiger partial charge in [-0.25, -0.2) is 4.39 Å². The van der Waals surface area contributed by atoms with Gasteiger partial charge in [0.15, 0.2) is 0 Å². The van der Waals surface area contributed by atoms with Crippen LogP contribution in [0.4, 0.5) is 10.1 Å². The summed E-state index contributed by atoms with van der Waals surface area (Å²) in [4.78, 5) is 39.0. The lowest BCUT2D eigenvalue weighted by Crippen LogP contribution is -2.43. The van der Waals surface area contributed by atoms with Gasteiger partial charge < -0.3 is 14.9 Å². The summed E-state index contributed by atoms with van der Waals surface area (Å²) in [6.07, 6.45) is 2.51. The molecule has 2 fully saturated rings. The number of aliphatic carboxylic acids is 1. The average Bonchev–Trinajstić information content (AvgIpc) is 3.01. The van der Waals surface area contributed by atoms with Crippen LogP contribution in [0.25, 0.3) is 0 Å². The standard InChI is InChI=1S/C19H23FN2O4/c20-15-5-1-2-6-16(15)22-12-14(10-17(22)23)19(26)21-9-3-4-13(11-21)7-8-18(24)25/h1-2,5-6,13-14H,3-4,7-12H2,(H,24,25). The molecule has 0 aliphatic carbocycles. The lowest BCUT2D eigenvalue weighted by Gasteiger charge is -2.34. The molecule has 1 aromatic rings. The predicted molar refractivity (Wildman–Crippen MR) is 93.0 cm³/mol. The van der Waals surface area contributed by atoms with Crippen molar-refractivity contribution in [3.05, 3.63) is 30.1 Å². The Morgan fingerprint density at radius 1 is 1.23 bits per heavy atom. The predicted octanol–water partition coefficient (Wildman–Crippen LogP) is 2.28. The van der Waals surface area contributed by atoms with E-state index in [-0.39, 0.29) is 42.8 Å². The van der Waals surface area contributed by atoms with Crippen LogP contribution in [0, 0.1) is 17.7 Å². The topological polar surface area (TPSA) is 77.9 Å². The first-order valence-electron chi connectivity index (χ1n) is 9.01. The first-order chi connectivity index (χ1) is 12.5. The van der Waals surface area contributed by atoms with E-state index in [2.05, 4.69) is 0 Å². The average molecular weight is 362 g/mol. The van der Waals surface area contributed by atoms with E-state index in [4.69, 9.17) is 5.11 Å². The van der Waals surface area contributed by atoms with Crippen LogP contribution in [0.15, 0.2) is 24.3 Å². The zero-order valence-corrected chi connectivity index (χ0v) is 14.6. The van der Waals surface area contributed by atoms with Crippen molar-refractivity contribution in [1.82, 2.24) is 4.90 Å². The Morgan fingerprint density at radius 3 is 2.73 bits per heavy atom. The number of rotatable bonds is 5. The van der Waals surface area contributed by atoms with Crippen molar-refractivity contribution in [3.8, 4) is 0 Å². The number of carbonyl (C=O) groups excluding carboxylic acids is 2. The highest BCUT2D eigenvalue weighted by atomic mass is 19.1. The van der Waals surface area contributed by atoms with Crippen LogP contribution in [0.3, 0.4) is 0 Å². The second kappa shape index (κ2) is 7.85. The molecule has 2 saturated heterocycles. The maximum atomic E-state index is 14.0. The molecule has 2 aliphatic heterocycles. The molecule has 0 bridgehead atoms. The molecule has 6 nitrogen and oxygen atoms in total. The molecule has 1 N–H and O–H groups in total. The van der Waals surface area contributed by atoms with Gasteiger partial charge in [0, 0.05) is 32.5 Å². The van der Waals surface area contributed by atoms with E-state index in [9.17, 15) is 18.8 Å². The number of benzene rings is 1. The molecule has 2 amide bonds. The number of para-hydroxylation sites is 1. The maximum Gasteiger partial charge on any atom is 0.303 e. The van der Waals surface area contributed by atoms with Crippen LogP contribution in [-0.2, 0) is 14.4 Å². The van der Waals surface area contributed by atoms with E-state index in [0.717, 1.165) is 12.8 Å². The van der Waals surface area contributed by atoms with Gasteiger partial charge in [0.25, 0.3) is 0 Å². The first-order valence-corrected chi connectivity index (χ1v) is 9.01. The summed E-state index contributed by atoms with van der Waals surface area (Å²) in [5.41, 5.74) is 0.214. The molecule has 140 valence electrons. The first kappa shape index (κ1) is 18.4. The smallest absolute Gasteiger partial charge is 0.303 e. The summed E-state index contributed by atoms with van der Waals surface area (Å²) in [5, 5.41) is 8.83. The van der Waals surface area contributed by atoms with Gasteiger partial charge in [-0.3, -0.25) is 14.4 Å². The number of hydrogen-bond donors (Lipinski definition) is 1. The summed E-state index contributed by atoms with van der Waals surface area (Å²) < 4.78 is 14.0. The van der Waals surface area contributed by atoms with Gasteiger partial charge in [0.05, 0.1) is 11.6 Å². The fourth-order valence-electron chi connectivity index (χ4n) is 3.86. The van der Waals surface area contributed by atoms with Crippen LogP contribution in [0.5, 0.6) is 0 Å². The van der Waals surface area contributed by atoms with Crippen molar-refractivity contribution in [2.75, 3.05) is 24.5 Å². The van der Waals surface area contributed by atoms with Gasteiger partial charge in [-0.15, -0.1) is 0 Å². The summed E-state index contributed by atoms with van der Waals surface area (Å²) in [6.45, 7) is 1.36. The minimum absolute atomic E-state index is 0.0859. The number of hydrogen-bond acceptors (Lipinski definition) is 3.